The Morgan fingerprint density at radius 1 is 1.14 bits per heavy atom. The molecule has 1 aliphatic carbocycles. The standard InChI is InChI=1S/C16H23F2N3/c17-14-8-5-9-15(18)13(14)10-11-20-16(19)21-12-6-3-1-2-4-7-12/h5,8-9,12H,1-4,6-7,10-11H2,(H3,19,20,21). The molecule has 1 aromatic carbocycles. The molecule has 0 aromatic heterocycles. The van der Waals surface area contributed by atoms with Gasteiger partial charge in [-0.25, -0.2) is 8.78 Å². The highest BCUT2D eigenvalue weighted by Gasteiger charge is 2.12. The summed E-state index contributed by atoms with van der Waals surface area (Å²) in [6.07, 6.45) is 7.42. The summed E-state index contributed by atoms with van der Waals surface area (Å²) >= 11 is 0. The number of guanidine groups is 1. The van der Waals surface area contributed by atoms with Gasteiger partial charge < -0.3 is 11.1 Å². The molecule has 0 bridgehead atoms. The number of aliphatic imine (C=N–C) groups is 1. The van der Waals surface area contributed by atoms with Crippen molar-refractivity contribution < 1.29 is 8.78 Å². The van der Waals surface area contributed by atoms with Crippen LogP contribution in [0.2, 0.25) is 0 Å². The highest BCUT2D eigenvalue weighted by atomic mass is 19.1. The molecule has 0 aliphatic heterocycles. The quantitative estimate of drug-likeness (QED) is 0.509. The highest BCUT2D eigenvalue weighted by molar-refractivity contribution is 5.78. The highest BCUT2D eigenvalue weighted by Crippen LogP contribution is 2.17. The van der Waals surface area contributed by atoms with Gasteiger partial charge in [-0.2, -0.15) is 0 Å². The van der Waals surface area contributed by atoms with E-state index in [0.717, 1.165) is 12.8 Å². The van der Waals surface area contributed by atoms with Crippen LogP contribution in [0.1, 0.15) is 44.1 Å². The van der Waals surface area contributed by atoms with E-state index in [4.69, 9.17) is 5.73 Å². The second-order valence-corrected chi connectivity index (χ2v) is 5.55. The Morgan fingerprint density at radius 3 is 2.38 bits per heavy atom. The van der Waals surface area contributed by atoms with Crippen molar-refractivity contribution in [2.75, 3.05) is 6.54 Å². The number of benzene rings is 1. The molecule has 3 nitrogen and oxygen atoms in total. The first-order valence-electron chi connectivity index (χ1n) is 7.66. The average Bonchev–Trinajstić information content (AvgIpc) is 2.71. The summed E-state index contributed by atoms with van der Waals surface area (Å²) in [5.41, 5.74) is 5.92. The van der Waals surface area contributed by atoms with Gasteiger partial charge in [0.05, 0.1) is 0 Å². The molecule has 1 aliphatic rings. The number of nitrogens with two attached hydrogens (primary N) is 1. The lowest BCUT2D eigenvalue weighted by atomic mass is 10.1. The Bertz CT molecular complexity index is 460. The van der Waals surface area contributed by atoms with E-state index < -0.39 is 11.6 Å². The van der Waals surface area contributed by atoms with Crippen LogP contribution in [0.15, 0.2) is 23.2 Å². The molecule has 0 radical (unpaired) electrons. The zero-order chi connectivity index (χ0) is 15.1. The molecular weight excluding hydrogens is 272 g/mol. The predicted molar refractivity (Wildman–Crippen MR) is 81.2 cm³/mol. The van der Waals surface area contributed by atoms with Crippen LogP contribution in [0.5, 0.6) is 0 Å². The van der Waals surface area contributed by atoms with Crippen LogP contribution in [0, 0.1) is 11.6 Å². The third-order valence-corrected chi connectivity index (χ3v) is 3.91. The molecule has 0 atom stereocenters. The van der Waals surface area contributed by atoms with E-state index in [0.29, 0.717) is 12.0 Å². The van der Waals surface area contributed by atoms with Crippen LogP contribution < -0.4 is 11.1 Å². The fourth-order valence-corrected chi connectivity index (χ4v) is 2.74. The van der Waals surface area contributed by atoms with Crippen molar-refractivity contribution in [1.82, 2.24) is 5.32 Å². The third-order valence-electron chi connectivity index (χ3n) is 3.91. The summed E-state index contributed by atoms with van der Waals surface area (Å²) < 4.78 is 26.9. The second kappa shape index (κ2) is 7.96. The summed E-state index contributed by atoms with van der Waals surface area (Å²) in [6.45, 7) is 0.281. The lowest BCUT2D eigenvalue weighted by molar-refractivity contribution is 0.529. The van der Waals surface area contributed by atoms with E-state index >= 15 is 0 Å². The molecule has 0 spiro atoms. The maximum atomic E-state index is 13.5. The Kier molecular flexibility index (Phi) is 5.96. The van der Waals surface area contributed by atoms with Gasteiger partial charge in [-0.3, -0.25) is 4.99 Å². The largest absolute Gasteiger partial charge is 0.370 e. The summed E-state index contributed by atoms with van der Waals surface area (Å²) in [5.74, 6) is -0.681. The Labute approximate surface area is 124 Å². The maximum Gasteiger partial charge on any atom is 0.188 e. The first-order valence-corrected chi connectivity index (χ1v) is 7.66. The second-order valence-electron chi connectivity index (χ2n) is 5.55. The van der Waals surface area contributed by atoms with Gasteiger partial charge in [0.25, 0.3) is 0 Å². The average molecular weight is 295 g/mol. The van der Waals surface area contributed by atoms with Gasteiger partial charge in [0.2, 0.25) is 0 Å². The first-order chi connectivity index (χ1) is 10.2. The fraction of sp³-hybridized carbons (Fsp3) is 0.562. The van der Waals surface area contributed by atoms with Crippen molar-refractivity contribution in [3.63, 3.8) is 0 Å². The summed E-state index contributed by atoms with van der Waals surface area (Å²) in [4.78, 5) is 4.18. The molecule has 0 amide bonds. The topological polar surface area (TPSA) is 50.4 Å². The van der Waals surface area contributed by atoms with E-state index in [9.17, 15) is 8.78 Å². The maximum absolute atomic E-state index is 13.5. The number of hydrogen-bond acceptors (Lipinski definition) is 1. The van der Waals surface area contributed by atoms with Crippen molar-refractivity contribution in [2.24, 2.45) is 10.7 Å². The van der Waals surface area contributed by atoms with Crippen molar-refractivity contribution in [1.29, 1.82) is 0 Å². The molecule has 116 valence electrons. The van der Waals surface area contributed by atoms with Crippen molar-refractivity contribution in [2.45, 2.75) is 51.0 Å². The van der Waals surface area contributed by atoms with Gasteiger partial charge >= 0.3 is 0 Å². The van der Waals surface area contributed by atoms with Crippen molar-refractivity contribution in [3.8, 4) is 0 Å². The van der Waals surface area contributed by atoms with Crippen LogP contribution in [-0.4, -0.2) is 18.5 Å². The van der Waals surface area contributed by atoms with Crippen LogP contribution >= 0.6 is 0 Å². The van der Waals surface area contributed by atoms with E-state index in [1.807, 2.05) is 0 Å². The first kappa shape index (κ1) is 15.7. The molecule has 3 N–H and O–H groups in total. The van der Waals surface area contributed by atoms with Crippen molar-refractivity contribution >= 4 is 5.96 Å². The van der Waals surface area contributed by atoms with Gasteiger partial charge in [-0.05, 0) is 31.4 Å². The number of nitrogens with one attached hydrogen (secondary N) is 1. The lowest BCUT2D eigenvalue weighted by Crippen LogP contribution is -2.40. The minimum atomic E-state index is -0.527. The van der Waals surface area contributed by atoms with E-state index in [1.54, 1.807) is 0 Å². The third kappa shape index (κ3) is 4.99. The van der Waals surface area contributed by atoms with Gasteiger partial charge in [0.1, 0.15) is 11.6 Å². The molecule has 2 rings (SSSR count). The van der Waals surface area contributed by atoms with Crippen LogP contribution in [-0.2, 0) is 6.42 Å². The van der Waals surface area contributed by atoms with Gasteiger partial charge in [0, 0.05) is 18.2 Å². The van der Waals surface area contributed by atoms with Crippen molar-refractivity contribution in [3.05, 3.63) is 35.4 Å². The predicted octanol–water partition coefficient (Wildman–Crippen LogP) is 3.13. The zero-order valence-corrected chi connectivity index (χ0v) is 12.2. The summed E-state index contributed by atoms with van der Waals surface area (Å²) in [6, 6.07) is 4.26. The molecule has 21 heavy (non-hydrogen) atoms. The zero-order valence-electron chi connectivity index (χ0n) is 12.2. The minimum Gasteiger partial charge on any atom is -0.370 e. The summed E-state index contributed by atoms with van der Waals surface area (Å²) in [5, 5.41) is 3.21. The smallest absolute Gasteiger partial charge is 0.188 e. The van der Waals surface area contributed by atoms with Crippen LogP contribution in [0.25, 0.3) is 0 Å². The van der Waals surface area contributed by atoms with E-state index in [1.165, 1.54) is 43.9 Å². The molecule has 0 heterocycles. The number of halogens is 2. The number of rotatable bonds is 4. The normalized spacial score (nSPS) is 17.5. The molecule has 1 saturated carbocycles. The fourth-order valence-electron chi connectivity index (χ4n) is 2.74. The Balaban J connectivity index is 1.83. The Hall–Kier alpha value is -1.65. The van der Waals surface area contributed by atoms with E-state index in [2.05, 4.69) is 10.3 Å². The molecule has 5 heteroatoms. The van der Waals surface area contributed by atoms with Crippen LogP contribution in [0.3, 0.4) is 0 Å². The molecular formula is C16H23F2N3. The Morgan fingerprint density at radius 2 is 1.76 bits per heavy atom. The van der Waals surface area contributed by atoms with E-state index in [-0.39, 0.29) is 18.5 Å². The monoisotopic (exact) mass is 295 g/mol. The number of nitrogens with zero attached hydrogens (tertiary/aromatic N) is 1. The van der Waals surface area contributed by atoms with Gasteiger partial charge in [-0.1, -0.05) is 31.7 Å². The SMILES string of the molecule is NC(=NCCc1c(F)cccc1F)NC1CCCCCC1. The summed E-state index contributed by atoms with van der Waals surface area (Å²) in [7, 11) is 0. The van der Waals surface area contributed by atoms with Gasteiger partial charge in [-0.15, -0.1) is 0 Å². The van der Waals surface area contributed by atoms with Gasteiger partial charge in [0.15, 0.2) is 5.96 Å². The molecule has 0 unspecified atom stereocenters. The molecule has 1 fully saturated rings. The lowest BCUT2D eigenvalue weighted by Gasteiger charge is -2.16. The molecule has 0 saturated heterocycles. The molecule has 1 aromatic rings. The van der Waals surface area contributed by atoms with Crippen LogP contribution in [0.4, 0.5) is 8.78 Å². The number of hydrogen-bond donors (Lipinski definition) is 2. The minimum absolute atomic E-state index is 0.0727.